The van der Waals surface area contributed by atoms with Gasteiger partial charge in [0.1, 0.15) is 0 Å². The molecule has 114 valence electrons. The van der Waals surface area contributed by atoms with E-state index >= 15 is 0 Å². The van der Waals surface area contributed by atoms with Crippen LogP contribution in [0.25, 0.3) is 6.08 Å². The maximum absolute atomic E-state index is 12.2. The van der Waals surface area contributed by atoms with Crippen LogP contribution in [0.5, 0.6) is 0 Å². The van der Waals surface area contributed by atoms with Crippen LogP contribution in [-0.4, -0.2) is 47.8 Å². The van der Waals surface area contributed by atoms with E-state index in [-0.39, 0.29) is 24.7 Å². The van der Waals surface area contributed by atoms with Crippen LogP contribution in [0.2, 0.25) is 0 Å². The second kappa shape index (κ2) is 7.96. The summed E-state index contributed by atoms with van der Waals surface area (Å²) < 4.78 is 5.45. The first-order chi connectivity index (χ1) is 10.2. The molecule has 1 aliphatic heterocycles. The normalized spacial score (nSPS) is 22.7. The van der Waals surface area contributed by atoms with E-state index in [0.29, 0.717) is 19.6 Å². The fraction of sp³-hybridized carbons (Fsp3) is 0.471. The Hall–Kier alpha value is -1.65. The third-order valence-electron chi connectivity index (χ3n) is 3.66. The molecule has 1 N–H and O–H groups in total. The third kappa shape index (κ3) is 4.69. The van der Waals surface area contributed by atoms with E-state index in [1.165, 1.54) is 0 Å². The molecule has 0 aromatic heterocycles. The fourth-order valence-corrected chi connectivity index (χ4v) is 2.41. The molecule has 0 bridgehead atoms. The van der Waals surface area contributed by atoms with E-state index in [0.717, 1.165) is 12.0 Å². The van der Waals surface area contributed by atoms with Gasteiger partial charge in [0.25, 0.3) is 0 Å². The van der Waals surface area contributed by atoms with Gasteiger partial charge in [-0.1, -0.05) is 42.5 Å². The molecule has 2 atom stereocenters. The molecule has 4 nitrogen and oxygen atoms in total. The predicted molar refractivity (Wildman–Crippen MR) is 82.7 cm³/mol. The van der Waals surface area contributed by atoms with Crippen molar-refractivity contribution in [2.45, 2.75) is 31.9 Å². The maximum atomic E-state index is 12.2. The molecule has 21 heavy (non-hydrogen) atoms. The summed E-state index contributed by atoms with van der Waals surface area (Å²) in [6.07, 6.45) is 5.03. The molecule has 1 fully saturated rings. The minimum atomic E-state index is -0.245. The highest BCUT2D eigenvalue weighted by molar-refractivity contribution is 5.77. The first-order valence-corrected chi connectivity index (χ1v) is 7.44. The van der Waals surface area contributed by atoms with E-state index in [2.05, 4.69) is 0 Å². The number of carbonyl (C=O) groups excluding carboxylic acids is 1. The number of benzene rings is 1. The van der Waals surface area contributed by atoms with Crippen molar-refractivity contribution < 1.29 is 14.6 Å². The van der Waals surface area contributed by atoms with Crippen LogP contribution in [0.15, 0.2) is 36.4 Å². The molecular weight excluding hydrogens is 266 g/mol. The molecule has 0 saturated carbocycles. The van der Waals surface area contributed by atoms with E-state index in [1.54, 1.807) is 0 Å². The summed E-state index contributed by atoms with van der Waals surface area (Å²) in [5, 5.41) is 9.14. The summed E-state index contributed by atoms with van der Waals surface area (Å²) in [5.74, 6) is 0.127. The summed E-state index contributed by atoms with van der Waals surface area (Å²) in [5.41, 5.74) is 1.14. The molecule has 1 amide bonds. The van der Waals surface area contributed by atoms with Gasteiger partial charge in [-0.15, -0.1) is 0 Å². The number of ether oxygens (including phenoxy) is 1. The summed E-state index contributed by atoms with van der Waals surface area (Å²) in [7, 11) is 0. The van der Waals surface area contributed by atoms with E-state index < -0.39 is 0 Å². The lowest BCUT2D eigenvalue weighted by atomic mass is 10.1. The molecule has 2 rings (SSSR count). The monoisotopic (exact) mass is 289 g/mol. The number of hydrogen-bond acceptors (Lipinski definition) is 3. The van der Waals surface area contributed by atoms with Crippen LogP contribution in [-0.2, 0) is 9.53 Å². The van der Waals surface area contributed by atoms with Crippen molar-refractivity contribution in [3.63, 3.8) is 0 Å². The highest BCUT2D eigenvalue weighted by Crippen LogP contribution is 2.14. The van der Waals surface area contributed by atoms with Gasteiger partial charge in [-0.25, -0.2) is 0 Å². The van der Waals surface area contributed by atoms with Gasteiger partial charge in [0, 0.05) is 13.0 Å². The zero-order valence-electron chi connectivity index (χ0n) is 12.4. The molecule has 0 aliphatic carbocycles. The quantitative estimate of drug-likeness (QED) is 0.903. The molecule has 4 heteroatoms. The Kier molecular flexibility index (Phi) is 5.96. The van der Waals surface area contributed by atoms with Gasteiger partial charge in [-0.2, -0.15) is 0 Å². The number of morpholine rings is 1. The van der Waals surface area contributed by atoms with Crippen LogP contribution in [0.1, 0.15) is 25.3 Å². The van der Waals surface area contributed by atoms with Crippen LogP contribution in [0, 0.1) is 0 Å². The first-order valence-electron chi connectivity index (χ1n) is 7.44. The molecule has 1 heterocycles. The lowest BCUT2D eigenvalue weighted by Gasteiger charge is -2.37. The van der Waals surface area contributed by atoms with Gasteiger partial charge in [0.15, 0.2) is 0 Å². The fourth-order valence-electron chi connectivity index (χ4n) is 2.41. The van der Waals surface area contributed by atoms with Crippen molar-refractivity contribution in [2.24, 2.45) is 0 Å². The zero-order valence-corrected chi connectivity index (χ0v) is 12.4. The van der Waals surface area contributed by atoms with Crippen molar-refractivity contribution in [2.75, 3.05) is 19.8 Å². The number of nitrogens with zero attached hydrogens (tertiary/aromatic N) is 1. The molecule has 1 aliphatic rings. The molecule has 1 saturated heterocycles. The Morgan fingerprint density at radius 2 is 2.19 bits per heavy atom. The predicted octanol–water partition coefficient (Wildman–Crippen LogP) is 2.09. The standard InChI is InChI=1S/C17H23NO3/c1-14-13-21-16(12-19)11-18(14)17(20)10-6-5-9-15-7-3-2-4-8-15/h2-5,7-9,14,16,19H,6,10-13H2,1H3/b9-5+. The zero-order chi connectivity index (χ0) is 15.1. The number of amides is 1. The topological polar surface area (TPSA) is 49.8 Å². The minimum Gasteiger partial charge on any atom is -0.394 e. The molecular formula is C17H23NO3. The molecule has 0 spiro atoms. The lowest BCUT2D eigenvalue weighted by molar-refractivity contribution is -0.146. The first kappa shape index (κ1) is 15.7. The number of aliphatic hydroxyl groups excluding tert-OH is 1. The second-order valence-corrected chi connectivity index (χ2v) is 5.38. The van der Waals surface area contributed by atoms with Gasteiger partial charge in [0.2, 0.25) is 5.91 Å². The smallest absolute Gasteiger partial charge is 0.223 e. The molecule has 0 radical (unpaired) electrons. The van der Waals surface area contributed by atoms with Crippen LogP contribution in [0.3, 0.4) is 0 Å². The van der Waals surface area contributed by atoms with Crippen molar-refractivity contribution in [1.82, 2.24) is 4.90 Å². The van der Waals surface area contributed by atoms with Crippen molar-refractivity contribution in [3.05, 3.63) is 42.0 Å². The average molecular weight is 289 g/mol. The third-order valence-corrected chi connectivity index (χ3v) is 3.66. The van der Waals surface area contributed by atoms with Gasteiger partial charge in [-0.05, 0) is 18.9 Å². The van der Waals surface area contributed by atoms with Crippen molar-refractivity contribution in [3.8, 4) is 0 Å². The van der Waals surface area contributed by atoms with Gasteiger partial charge in [0.05, 0.1) is 25.4 Å². The summed E-state index contributed by atoms with van der Waals surface area (Å²) in [4.78, 5) is 14.1. The maximum Gasteiger partial charge on any atom is 0.223 e. The van der Waals surface area contributed by atoms with Gasteiger partial charge in [-0.3, -0.25) is 4.79 Å². The van der Waals surface area contributed by atoms with Crippen LogP contribution >= 0.6 is 0 Å². The van der Waals surface area contributed by atoms with Crippen LogP contribution in [0.4, 0.5) is 0 Å². The number of allylic oxidation sites excluding steroid dienone is 1. The summed E-state index contributed by atoms with van der Waals surface area (Å²) in [6.45, 7) is 2.92. The summed E-state index contributed by atoms with van der Waals surface area (Å²) in [6, 6.07) is 10.1. The average Bonchev–Trinajstić information content (AvgIpc) is 2.53. The molecule has 2 unspecified atom stereocenters. The van der Waals surface area contributed by atoms with E-state index in [4.69, 9.17) is 9.84 Å². The highest BCUT2D eigenvalue weighted by Gasteiger charge is 2.28. The number of aliphatic hydroxyl groups is 1. The Balaban J connectivity index is 1.79. The molecule has 1 aromatic carbocycles. The van der Waals surface area contributed by atoms with Crippen molar-refractivity contribution >= 4 is 12.0 Å². The number of rotatable bonds is 5. The SMILES string of the molecule is CC1COC(CO)CN1C(=O)CC/C=C/c1ccccc1. The van der Waals surface area contributed by atoms with Gasteiger partial charge < -0.3 is 14.7 Å². The second-order valence-electron chi connectivity index (χ2n) is 5.38. The molecule has 1 aromatic rings. The number of carbonyl (C=O) groups is 1. The van der Waals surface area contributed by atoms with E-state index in [1.807, 2.05) is 54.3 Å². The Morgan fingerprint density at radius 1 is 1.43 bits per heavy atom. The van der Waals surface area contributed by atoms with Crippen LogP contribution < -0.4 is 0 Å². The summed E-state index contributed by atoms with van der Waals surface area (Å²) >= 11 is 0. The highest BCUT2D eigenvalue weighted by atomic mass is 16.5. The van der Waals surface area contributed by atoms with Gasteiger partial charge >= 0.3 is 0 Å². The number of hydrogen-bond donors (Lipinski definition) is 1. The minimum absolute atomic E-state index is 0.0373. The Bertz CT molecular complexity index is 472. The lowest BCUT2D eigenvalue weighted by Crippen LogP contribution is -2.51. The van der Waals surface area contributed by atoms with Crippen molar-refractivity contribution in [1.29, 1.82) is 0 Å². The van der Waals surface area contributed by atoms with E-state index in [9.17, 15) is 4.79 Å². The Labute approximate surface area is 126 Å². The largest absolute Gasteiger partial charge is 0.394 e. The Morgan fingerprint density at radius 3 is 2.90 bits per heavy atom.